The average Bonchev–Trinajstić information content (AvgIpc) is 3.05. The van der Waals surface area contributed by atoms with Gasteiger partial charge in [0.1, 0.15) is 0 Å². The predicted molar refractivity (Wildman–Crippen MR) is 114 cm³/mol. The quantitative estimate of drug-likeness (QED) is 0.649. The number of ether oxygens (including phenoxy) is 2. The lowest BCUT2D eigenvalue weighted by atomic mass is 10.0. The molecule has 4 rings (SSSR count). The Kier molecular flexibility index (Phi) is 6.25. The van der Waals surface area contributed by atoms with Crippen molar-refractivity contribution in [3.05, 3.63) is 52.0 Å². The van der Waals surface area contributed by atoms with Gasteiger partial charge in [-0.3, -0.25) is 4.90 Å². The van der Waals surface area contributed by atoms with Crippen LogP contribution < -0.4 is 9.47 Å². The fourth-order valence-electron chi connectivity index (χ4n) is 3.92. The third kappa shape index (κ3) is 4.66. The molecule has 156 valence electrons. The summed E-state index contributed by atoms with van der Waals surface area (Å²) in [5.41, 5.74) is 1.13. The van der Waals surface area contributed by atoms with Crippen LogP contribution in [0.3, 0.4) is 0 Å². The summed E-state index contributed by atoms with van der Waals surface area (Å²) in [5, 5.41) is 0.564. The molecular formula is C21H23Cl2NO4S. The number of halogens is 2. The summed E-state index contributed by atoms with van der Waals surface area (Å²) in [6.07, 6.45) is 2.87. The summed E-state index contributed by atoms with van der Waals surface area (Å²) in [5.74, 6) is 1.54. The van der Waals surface area contributed by atoms with Gasteiger partial charge in [-0.05, 0) is 55.3 Å². The van der Waals surface area contributed by atoms with E-state index in [-0.39, 0.29) is 21.7 Å². The maximum atomic E-state index is 12.8. The maximum absolute atomic E-state index is 12.8. The van der Waals surface area contributed by atoms with Crippen LogP contribution in [-0.2, 0) is 9.84 Å². The molecule has 0 saturated carbocycles. The lowest BCUT2D eigenvalue weighted by Crippen LogP contribution is -2.29. The Balaban J connectivity index is 1.49. The van der Waals surface area contributed by atoms with E-state index in [1.807, 2.05) is 12.1 Å². The molecule has 2 aromatic rings. The minimum absolute atomic E-state index is 0.00584. The van der Waals surface area contributed by atoms with E-state index in [9.17, 15) is 8.42 Å². The van der Waals surface area contributed by atoms with Gasteiger partial charge in [0.25, 0.3) is 0 Å². The van der Waals surface area contributed by atoms with Crippen LogP contribution in [0.1, 0.15) is 30.9 Å². The molecule has 1 saturated heterocycles. The Morgan fingerprint density at radius 3 is 2.62 bits per heavy atom. The van der Waals surface area contributed by atoms with Crippen molar-refractivity contribution in [3.8, 4) is 11.5 Å². The highest BCUT2D eigenvalue weighted by Gasteiger charge is 2.29. The van der Waals surface area contributed by atoms with Crippen molar-refractivity contribution in [1.82, 2.24) is 4.90 Å². The molecule has 8 heteroatoms. The third-order valence-electron chi connectivity index (χ3n) is 5.40. The second-order valence-corrected chi connectivity index (χ2v) is 10.3. The first-order valence-electron chi connectivity index (χ1n) is 9.75. The van der Waals surface area contributed by atoms with Crippen molar-refractivity contribution >= 4 is 33.0 Å². The molecule has 2 aromatic carbocycles. The van der Waals surface area contributed by atoms with E-state index in [2.05, 4.69) is 11.0 Å². The van der Waals surface area contributed by atoms with E-state index in [4.69, 9.17) is 32.7 Å². The number of rotatable bonds is 5. The van der Waals surface area contributed by atoms with Gasteiger partial charge in [0.05, 0.1) is 28.9 Å². The molecule has 0 spiro atoms. The van der Waals surface area contributed by atoms with Gasteiger partial charge in [0.2, 0.25) is 0 Å². The van der Waals surface area contributed by atoms with E-state index < -0.39 is 9.84 Å². The summed E-state index contributed by atoms with van der Waals surface area (Å²) in [6, 6.07) is 10.7. The number of hydrogen-bond donors (Lipinski definition) is 0. The monoisotopic (exact) mass is 455 g/mol. The first-order chi connectivity index (χ1) is 13.9. The van der Waals surface area contributed by atoms with Crippen molar-refractivity contribution in [2.75, 3.05) is 32.1 Å². The lowest BCUT2D eigenvalue weighted by Gasteiger charge is -2.25. The van der Waals surface area contributed by atoms with Crippen LogP contribution in [0.2, 0.25) is 10.0 Å². The van der Waals surface area contributed by atoms with Gasteiger partial charge >= 0.3 is 0 Å². The highest BCUT2D eigenvalue weighted by atomic mass is 35.5. The summed E-state index contributed by atoms with van der Waals surface area (Å²) in [6.45, 7) is 2.59. The largest absolute Gasteiger partial charge is 0.490 e. The molecular weight excluding hydrogens is 433 g/mol. The molecule has 0 N–H and O–H groups in total. The Hall–Kier alpha value is -1.47. The van der Waals surface area contributed by atoms with Gasteiger partial charge in [-0.2, -0.15) is 0 Å². The van der Waals surface area contributed by atoms with Crippen molar-refractivity contribution in [3.63, 3.8) is 0 Å². The molecule has 0 radical (unpaired) electrons. The second-order valence-electron chi connectivity index (χ2n) is 7.34. The summed E-state index contributed by atoms with van der Waals surface area (Å²) in [4.78, 5) is 2.31. The van der Waals surface area contributed by atoms with E-state index in [1.165, 1.54) is 12.1 Å². The van der Waals surface area contributed by atoms with Crippen LogP contribution in [0.4, 0.5) is 0 Å². The number of hydrogen-bond acceptors (Lipinski definition) is 5. The Labute approximate surface area is 181 Å². The molecule has 29 heavy (non-hydrogen) atoms. The SMILES string of the molecule is O=S(=O)(CCN1CCC[C@H]1c1ccc2c(c1)OCCCO2)c1cc(Cl)ccc1Cl. The standard InChI is InChI=1S/C21H23Cl2NO4S/c22-16-5-6-17(23)21(14-16)29(25,26)12-9-24-8-1-3-18(24)15-4-7-19-20(13-15)28-11-2-10-27-19/h4-7,13-14,18H,1-3,8-12H2/t18-/m0/s1. The van der Waals surface area contributed by atoms with Crippen LogP contribution in [-0.4, -0.2) is 45.4 Å². The van der Waals surface area contributed by atoms with Crippen LogP contribution in [0.25, 0.3) is 0 Å². The fourth-order valence-corrected chi connectivity index (χ4v) is 5.99. The Morgan fingerprint density at radius 2 is 1.79 bits per heavy atom. The minimum atomic E-state index is -3.53. The number of fused-ring (bicyclic) bond motifs is 1. The summed E-state index contributed by atoms with van der Waals surface area (Å²) >= 11 is 12.1. The van der Waals surface area contributed by atoms with Crippen LogP contribution in [0.5, 0.6) is 11.5 Å². The van der Waals surface area contributed by atoms with E-state index in [0.717, 1.165) is 42.9 Å². The average molecular weight is 456 g/mol. The van der Waals surface area contributed by atoms with Gasteiger partial charge in [-0.1, -0.05) is 29.3 Å². The number of sulfone groups is 1. The van der Waals surface area contributed by atoms with Crippen LogP contribution in [0, 0.1) is 0 Å². The molecule has 5 nitrogen and oxygen atoms in total. The number of likely N-dealkylation sites (tertiary alicyclic amines) is 1. The van der Waals surface area contributed by atoms with Gasteiger partial charge in [0, 0.05) is 24.0 Å². The predicted octanol–water partition coefficient (Wildman–Crippen LogP) is 4.77. The van der Waals surface area contributed by atoms with Gasteiger partial charge in [-0.25, -0.2) is 8.42 Å². The van der Waals surface area contributed by atoms with Crippen molar-refractivity contribution in [1.29, 1.82) is 0 Å². The Bertz CT molecular complexity index is 996. The zero-order valence-electron chi connectivity index (χ0n) is 15.9. The molecule has 0 amide bonds. The molecule has 0 bridgehead atoms. The molecule has 1 atom stereocenters. The van der Waals surface area contributed by atoms with E-state index >= 15 is 0 Å². The zero-order valence-corrected chi connectivity index (χ0v) is 18.3. The fraction of sp³-hybridized carbons (Fsp3) is 0.429. The highest BCUT2D eigenvalue weighted by molar-refractivity contribution is 7.91. The molecule has 2 heterocycles. The first-order valence-corrected chi connectivity index (χ1v) is 12.2. The molecule has 0 aromatic heterocycles. The Morgan fingerprint density at radius 1 is 1.00 bits per heavy atom. The van der Waals surface area contributed by atoms with E-state index in [0.29, 0.717) is 24.8 Å². The number of nitrogens with zero attached hydrogens (tertiary/aromatic N) is 1. The zero-order chi connectivity index (χ0) is 20.4. The molecule has 0 aliphatic carbocycles. The van der Waals surface area contributed by atoms with Crippen LogP contribution >= 0.6 is 23.2 Å². The highest BCUT2D eigenvalue weighted by Crippen LogP contribution is 2.38. The summed E-state index contributed by atoms with van der Waals surface area (Å²) in [7, 11) is -3.53. The lowest BCUT2D eigenvalue weighted by molar-refractivity contribution is 0.270. The first kappa shape index (κ1) is 20.8. The number of benzene rings is 2. The van der Waals surface area contributed by atoms with Gasteiger partial charge in [-0.15, -0.1) is 0 Å². The minimum Gasteiger partial charge on any atom is -0.490 e. The topological polar surface area (TPSA) is 55.8 Å². The smallest absolute Gasteiger partial charge is 0.181 e. The van der Waals surface area contributed by atoms with E-state index in [1.54, 1.807) is 6.07 Å². The second kappa shape index (κ2) is 8.72. The maximum Gasteiger partial charge on any atom is 0.181 e. The van der Waals surface area contributed by atoms with Gasteiger partial charge in [0.15, 0.2) is 21.3 Å². The third-order valence-corrected chi connectivity index (χ3v) is 7.80. The van der Waals surface area contributed by atoms with Crippen LogP contribution in [0.15, 0.2) is 41.3 Å². The molecule has 1 fully saturated rings. The molecule has 2 aliphatic rings. The van der Waals surface area contributed by atoms with Crippen molar-refractivity contribution in [2.24, 2.45) is 0 Å². The normalized spacial score (nSPS) is 19.9. The van der Waals surface area contributed by atoms with Crippen molar-refractivity contribution < 1.29 is 17.9 Å². The van der Waals surface area contributed by atoms with Gasteiger partial charge < -0.3 is 9.47 Å². The molecule has 2 aliphatic heterocycles. The molecule has 0 unspecified atom stereocenters. The van der Waals surface area contributed by atoms with Crippen molar-refractivity contribution in [2.45, 2.75) is 30.2 Å². The summed E-state index contributed by atoms with van der Waals surface area (Å²) < 4.78 is 37.2.